The molecule has 0 saturated heterocycles. The van der Waals surface area contributed by atoms with Crippen molar-refractivity contribution in [3.8, 4) is 0 Å². The first-order valence-electron chi connectivity index (χ1n) is 11.8. The fourth-order valence-corrected chi connectivity index (χ4v) is 5.48. The maximum absolute atomic E-state index is 13.0. The molecule has 0 fully saturated rings. The van der Waals surface area contributed by atoms with Crippen molar-refractivity contribution in [1.29, 1.82) is 0 Å². The lowest BCUT2D eigenvalue weighted by atomic mass is 10.0. The molecule has 0 radical (unpaired) electrons. The molecule has 0 spiro atoms. The number of anilines is 1. The number of nitrogens with zero attached hydrogens (tertiary/aromatic N) is 2. The van der Waals surface area contributed by atoms with E-state index in [9.17, 15) is 14.4 Å². The van der Waals surface area contributed by atoms with E-state index >= 15 is 0 Å². The highest BCUT2D eigenvalue weighted by molar-refractivity contribution is 7.17. The number of aromatic nitrogens is 1. The molecule has 0 bridgehead atoms. The van der Waals surface area contributed by atoms with E-state index in [0.29, 0.717) is 35.0 Å². The predicted octanol–water partition coefficient (Wildman–Crippen LogP) is 4.27. The van der Waals surface area contributed by atoms with Crippen LogP contribution in [0.2, 0.25) is 0 Å². The lowest BCUT2D eigenvalue weighted by molar-refractivity contribution is -0.123. The second-order valence-electron chi connectivity index (χ2n) is 8.61. The van der Waals surface area contributed by atoms with Crippen molar-refractivity contribution in [3.05, 3.63) is 68.9 Å². The van der Waals surface area contributed by atoms with Gasteiger partial charge in [0.05, 0.1) is 17.9 Å². The molecule has 0 aliphatic carbocycles. The molecular formula is C26H29N3O6S. The molecule has 1 amide bonds. The Hall–Kier alpha value is -3.50. The van der Waals surface area contributed by atoms with Gasteiger partial charge in [0, 0.05) is 24.5 Å². The number of fused-ring (bicyclic) bond motifs is 1. The number of ether oxygens (including phenoxy) is 2. The van der Waals surface area contributed by atoms with Gasteiger partial charge >= 0.3 is 11.9 Å². The van der Waals surface area contributed by atoms with Crippen LogP contribution in [0.3, 0.4) is 0 Å². The first-order chi connectivity index (χ1) is 17.3. The van der Waals surface area contributed by atoms with Crippen LogP contribution in [0.4, 0.5) is 5.00 Å². The van der Waals surface area contributed by atoms with Gasteiger partial charge < -0.3 is 19.3 Å². The zero-order valence-electron chi connectivity index (χ0n) is 20.8. The Bertz CT molecular complexity index is 1250. The summed E-state index contributed by atoms with van der Waals surface area (Å²) in [6.45, 7) is 8.91. The summed E-state index contributed by atoms with van der Waals surface area (Å²) in [5.74, 6) is -1.38. The van der Waals surface area contributed by atoms with Crippen molar-refractivity contribution in [3.63, 3.8) is 0 Å². The molecule has 3 aromatic rings. The lowest BCUT2D eigenvalue weighted by Crippen LogP contribution is -2.31. The lowest BCUT2D eigenvalue weighted by Gasteiger charge is -2.27. The summed E-state index contributed by atoms with van der Waals surface area (Å²) in [5.41, 5.74) is 3.09. The summed E-state index contributed by atoms with van der Waals surface area (Å²) in [4.78, 5) is 41.7. The smallest absolute Gasteiger partial charge is 0.344 e. The van der Waals surface area contributed by atoms with Crippen LogP contribution >= 0.6 is 11.3 Å². The molecule has 4 rings (SSSR count). The van der Waals surface area contributed by atoms with Crippen molar-refractivity contribution in [2.75, 3.05) is 18.5 Å². The molecule has 0 saturated carbocycles. The van der Waals surface area contributed by atoms with Crippen LogP contribution in [0, 0.1) is 13.8 Å². The van der Waals surface area contributed by atoms with Crippen LogP contribution in [0.1, 0.15) is 62.0 Å². The second-order valence-corrected chi connectivity index (χ2v) is 9.72. The first-order valence-corrected chi connectivity index (χ1v) is 12.6. The van der Waals surface area contributed by atoms with E-state index in [0.717, 1.165) is 23.5 Å². The highest BCUT2D eigenvalue weighted by Gasteiger charge is 2.31. The van der Waals surface area contributed by atoms with Crippen molar-refractivity contribution >= 4 is 34.2 Å². The zero-order chi connectivity index (χ0) is 25.8. The van der Waals surface area contributed by atoms with E-state index in [1.165, 1.54) is 23.8 Å². The molecule has 3 heterocycles. The topological polar surface area (TPSA) is 111 Å². The van der Waals surface area contributed by atoms with Gasteiger partial charge in [0.2, 0.25) is 0 Å². The minimum absolute atomic E-state index is 0.201. The third-order valence-electron chi connectivity index (χ3n) is 5.99. The Morgan fingerprint density at radius 2 is 1.92 bits per heavy atom. The largest absolute Gasteiger partial charge is 0.462 e. The number of hydrogen-bond donors (Lipinski definition) is 1. The van der Waals surface area contributed by atoms with E-state index in [-0.39, 0.29) is 12.2 Å². The molecule has 1 aromatic carbocycles. The summed E-state index contributed by atoms with van der Waals surface area (Å²) in [6, 6.07) is 10.2. The van der Waals surface area contributed by atoms with Gasteiger partial charge in [0.15, 0.2) is 6.10 Å². The van der Waals surface area contributed by atoms with E-state index in [2.05, 4.69) is 27.5 Å². The number of aryl methyl sites for hydroxylation is 2. The van der Waals surface area contributed by atoms with Gasteiger partial charge in [-0.3, -0.25) is 9.69 Å². The number of amides is 1. The van der Waals surface area contributed by atoms with Crippen LogP contribution in [-0.2, 0) is 33.8 Å². The zero-order valence-corrected chi connectivity index (χ0v) is 21.6. The standard InChI is InChI=1S/C26H29N3O6S/c1-5-33-25(31)22-19-11-12-29(13-18-9-7-6-8-10-18)14-20(19)36-24(22)27-23(30)17(4)34-26(32)21-15(2)28-35-16(21)3/h6-10,17H,5,11-14H2,1-4H3,(H,27,30). The average molecular weight is 512 g/mol. The Morgan fingerprint density at radius 3 is 2.58 bits per heavy atom. The molecule has 1 N–H and O–H groups in total. The van der Waals surface area contributed by atoms with Crippen LogP contribution < -0.4 is 5.32 Å². The fraction of sp³-hybridized carbons (Fsp3) is 0.385. The van der Waals surface area contributed by atoms with Crippen LogP contribution in [0.5, 0.6) is 0 Å². The summed E-state index contributed by atoms with van der Waals surface area (Å²) < 4.78 is 15.7. The van der Waals surface area contributed by atoms with Crippen LogP contribution in [0.15, 0.2) is 34.9 Å². The van der Waals surface area contributed by atoms with Gasteiger partial charge in [-0.05, 0) is 45.2 Å². The summed E-state index contributed by atoms with van der Waals surface area (Å²) in [5, 5.41) is 6.95. The number of benzene rings is 1. The molecule has 1 unspecified atom stereocenters. The van der Waals surface area contributed by atoms with Gasteiger partial charge in [-0.15, -0.1) is 11.3 Å². The number of rotatable bonds is 8. The average Bonchev–Trinajstić information content (AvgIpc) is 3.37. The van der Waals surface area contributed by atoms with Crippen molar-refractivity contribution < 1.29 is 28.4 Å². The van der Waals surface area contributed by atoms with E-state index < -0.39 is 23.9 Å². The molecule has 2 aromatic heterocycles. The number of hydrogen-bond acceptors (Lipinski definition) is 9. The van der Waals surface area contributed by atoms with Gasteiger partial charge in [0.25, 0.3) is 5.91 Å². The highest BCUT2D eigenvalue weighted by atomic mass is 32.1. The van der Waals surface area contributed by atoms with Gasteiger partial charge in [-0.2, -0.15) is 0 Å². The van der Waals surface area contributed by atoms with Gasteiger partial charge in [-0.25, -0.2) is 9.59 Å². The normalized spacial score (nSPS) is 14.1. The van der Waals surface area contributed by atoms with Crippen LogP contribution in [-0.4, -0.2) is 47.2 Å². The highest BCUT2D eigenvalue weighted by Crippen LogP contribution is 2.38. The third kappa shape index (κ3) is 5.50. The number of esters is 2. The number of thiophene rings is 1. The van der Waals surface area contributed by atoms with E-state index in [1.54, 1.807) is 20.8 Å². The predicted molar refractivity (Wildman–Crippen MR) is 134 cm³/mol. The van der Waals surface area contributed by atoms with Crippen LogP contribution in [0.25, 0.3) is 0 Å². The molecule has 1 atom stereocenters. The van der Waals surface area contributed by atoms with Gasteiger partial charge in [-0.1, -0.05) is 35.5 Å². The molecule has 10 heteroatoms. The van der Waals surface area contributed by atoms with Crippen molar-refractivity contribution in [1.82, 2.24) is 10.1 Å². The Balaban J connectivity index is 1.51. The molecular weight excluding hydrogens is 482 g/mol. The molecule has 36 heavy (non-hydrogen) atoms. The molecule has 1 aliphatic heterocycles. The number of nitrogens with one attached hydrogen (secondary N) is 1. The van der Waals surface area contributed by atoms with Gasteiger partial charge in [0.1, 0.15) is 16.3 Å². The third-order valence-corrected chi connectivity index (χ3v) is 7.12. The molecule has 1 aliphatic rings. The molecule has 9 nitrogen and oxygen atoms in total. The summed E-state index contributed by atoms with van der Waals surface area (Å²) in [7, 11) is 0. The Morgan fingerprint density at radius 1 is 1.17 bits per heavy atom. The Labute approximate surface area is 213 Å². The maximum atomic E-state index is 13.0. The summed E-state index contributed by atoms with van der Waals surface area (Å²) >= 11 is 1.36. The number of carbonyl (C=O) groups is 3. The first kappa shape index (κ1) is 25.6. The second kappa shape index (κ2) is 11.0. The van der Waals surface area contributed by atoms with E-state index in [4.69, 9.17) is 14.0 Å². The number of carbonyl (C=O) groups excluding carboxylic acids is 3. The minimum Gasteiger partial charge on any atom is -0.462 e. The fourth-order valence-electron chi connectivity index (χ4n) is 4.20. The SMILES string of the molecule is CCOC(=O)c1c(NC(=O)C(C)OC(=O)c2c(C)noc2C)sc2c1CCN(Cc1ccccc1)C2. The molecule has 190 valence electrons. The van der Waals surface area contributed by atoms with Crippen molar-refractivity contribution in [2.45, 2.75) is 53.3 Å². The monoisotopic (exact) mass is 511 g/mol. The maximum Gasteiger partial charge on any atom is 0.344 e. The quantitative estimate of drug-likeness (QED) is 0.447. The Kier molecular flexibility index (Phi) is 7.85. The van der Waals surface area contributed by atoms with E-state index in [1.807, 2.05) is 18.2 Å². The summed E-state index contributed by atoms with van der Waals surface area (Å²) in [6.07, 6.45) is -0.436. The minimum atomic E-state index is -1.10. The van der Waals surface area contributed by atoms with Crippen molar-refractivity contribution in [2.24, 2.45) is 0 Å².